The third-order valence-electron chi connectivity index (χ3n) is 4.02. The lowest BCUT2D eigenvalue weighted by Gasteiger charge is -2.17. The molecule has 0 fully saturated rings. The van der Waals surface area contributed by atoms with Crippen LogP contribution in [0.3, 0.4) is 0 Å². The largest absolute Gasteiger partial charge is 0.481 e. The molecule has 1 N–H and O–H groups in total. The van der Waals surface area contributed by atoms with Crippen molar-refractivity contribution < 1.29 is 4.74 Å². The zero-order chi connectivity index (χ0) is 14.7. The number of aryl methyl sites for hydroxylation is 1. The summed E-state index contributed by atoms with van der Waals surface area (Å²) in [5.74, 6) is 0.655. The number of methoxy groups -OCH3 is 1. The molecule has 2 aromatic heterocycles. The predicted octanol–water partition coefficient (Wildman–Crippen LogP) is 2.32. The molecule has 0 bridgehead atoms. The lowest BCUT2D eigenvalue weighted by Crippen LogP contribution is -2.19. The van der Waals surface area contributed by atoms with Crippen LogP contribution in [0.15, 0.2) is 18.3 Å². The lowest BCUT2D eigenvalue weighted by molar-refractivity contribution is 0.312. The van der Waals surface area contributed by atoms with Gasteiger partial charge >= 0.3 is 0 Å². The Bertz CT molecular complexity index is 591. The van der Waals surface area contributed by atoms with Gasteiger partial charge in [0.25, 0.3) is 0 Å². The van der Waals surface area contributed by atoms with Gasteiger partial charge in [0.05, 0.1) is 12.8 Å². The van der Waals surface area contributed by atoms with Crippen molar-refractivity contribution in [1.82, 2.24) is 20.1 Å². The summed E-state index contributed by atoms with van der Waals surface area (Å²) in [5, 5.41) is 7.71. The van der Waals surface area contributed by atoms with Gasteiger partial charge in [0.2, 0.25) is 5.88 Å². The number of fused-ring (bicyclic) bond motifs is 1. The summed E-state index contributed by atoms with van der Waals surface area (Å²) in [7, 11) is 3.75. The molecule has 5 heteroatoms. The molecule has 0 amide bonds. The zero-order valence-corrected chi connectivity index (χ0v) is 12.7. The fourth-order valence-electron chi connectivity index (χ4n) is 2.93. The van der Waals surface area contributed by atoms with Crippen LogP contribution in [0.5, 0.6) is 5.88 Å². The molecule has 2 heterocycles. The van der Waals surface area contributed by atoms with Gasteiger partial charge in [0, 0.05) is 31.0 Å². The number of aromatic nitrogens is 3. The number of H-pyrrole nitrogens is 1. The van der Waals surface area contributed by atoms with E-state index in [1.54, 1.807) is 7.11 Å². The van der Waals surface area contributed by atoms with Gasteiger partial charge < -0.3 is 4.74 Å². The zero-order valence-electron chi connectivity index (χ0n) is 12.7. The van der Waals surface area contributed by atoms with E-state index in [0.29, 0.717) is 5.88 Å². The summed E-state index contributed by atoms with van der Waals surface area (Å²) >= 11 is 0. The first-order valence-electron chi connectivity index (χ1n) is 7.48. The molecule has 1 aliphatic rings. The molecule has 0 aliphatic heterocycles. The van der Waals surface area contributed by atoms with Crippen molar-refractivity contribution >= 4 is 0 Å². The number of rotatable bonds is 5. The van der Waals surface area contributed by atoms with Crippen LogP contribution in [-0.2, 0) is 25.9 Å². The molecular formula is C16H22N4O. The van der Waals surface area contributed by atoms with Gasteiger partial charge in [0.1, 0.15) is 0 Å². The maximum Gasteiger partial charge on any atom is 0.212 e. The summed E-state index contributed by atoms with van der Waals surface area (Å²) in [6, 6.07) is 3.96. The number of nitrogens with zero attached hydrogens (tertiary/aromatic N) is 3. The molecule has 0 unspecified atom stereocenters. The van der Waals surface area contributed by atoms with Crippen LogP contribution < -0.4 is 4.74 Å². The van der Waals surface area contributed by atoms with Crippen molar-refractivity contribution in [3.63, 3.8) is 0 Å². The molecule has 0 radical (unpaired) electrons. The van der Waals surface area contributed by atoms with Gasteiger partial charge in [-0.15, -0.1) is 0 Å². The highest BCUT2D eigenvalue weighted by Crippen LogP contribution is 2.23. The maximum atomic E-state index is 5.08. The number of nitrogens with one attached hydrogen (secondary N) is 1. The highest BCUT2D eigenvalue weighted by Gasteiger charge is 2.17. The van der Waals surface area contributed by atoms with Crippen LogP contribution >= 0.6 is 0 Å². The van der Waals surface area contributed by atoms with Crippen LogP contribution in [0.2, 0.25) is 0 Å². The van der Waals surface area contributed by atoms with Gasteiger partial charge in [-0.3, -0.25) is 10.00 Å². The molecule has 1 aliphatic carbocycles. The standard InChI is InChI=1S/C16H22N4O/c1-20(10-12-7-8-16(21-2)17-9-12)11-15-13-5-3-4-6-14(13)18-19-15/h7-9H,3-6,10-11H2,1-2H3,(H,18,19). The monoisotopic (exact) mass is 286 g/mol. The van der Waals surface area contributed by atoms with E-state index in [-0.39, 0.29) is 0 Å². The Hall–Kier alpha value is -1.88. The second-order valence-electron chi connectivity index (χ2n) is 5.72. The highest BCUT2D eigenvalue weighted by atomic mass is 16.5. The molecule has 112 valence electrons. The summed E-state index contributed by atoms with van der Waals surface area (Å²) < 4.78 is 5.08. The minimum absolute atomic E-state index is 0.655. The molecule has 0 saturated carbocycles. The molecule has 0 spiro atoms. The van der Waals surface area contributed by atoms with E-state index in [0.717, 1.165) is 19.5 Å². The molecule has 21 heavy (non-hydrogen) atoms. The molecular weight excluding hydrogens is 264 g/mol. The topological polar surface area (TPSA) is 54.0 Å². The first kappa shape index (κ1) is 14.1. The smallest absolute Gasteiger partial charge is 0.212 e. The minimum atomic E-state index is 0.655. The summed E-state index contributed by atoms with van der Waals surface area (Å²) in [6.07, 6.45) is 6.75. The Kier molecular flexibility index (Phi) is 4.20. The molecule has 2 aromatic rings. The number of pyridine rings is 1. The van der Waals surface area contributed by atoms with E-state index >= 15 is 0 Å². The number of aromatic amines is 1. The van der Waals surface area contributed by atoms with Crippen LogP contribution in [0.4, 0.5) is 0 Å². The van der Waals surface area contributed by atoms with Gasteiger partial charge in [-0.05, 0) is 43.9 Å². The first-order valence-corrected chi connectivity index (χ1v) is 7.48. The van der Waals surface area contributed by atoms with Gasteiger partial charge in [0.15, 0.2) is 0 Å². The van der Waals surface area contributed by atoms with Crippen LogP contribution in [0.1, 0.15) is 35.4 Å². The Morgan fingerprint density at radius 2 is 2.10 bits per heavy atom. The third kappa shape index (κ3) is 3.24. The fraction of sp³-hybridized carbons (Fsp3) is 0.500. The van der Waals surface area contributed by atoms with Crippen LogP contribution in [0.25, 0.3) is 0 Å². The van der Waals surface area contributed by atoms with Crippen molar-refractivity contribution in [1.29, 1.82) is 0 Å². The van der Waals surface area contributed by atoms with Crippen molar-refractivity contribution in [2.75, 3.05) is 14.2 Å². The maximum absolute atomic E-state index is 5.08. The molecule has 3 rings (SSSR count). The fourth-order valence-corrected chi connectivity index (χ4v) is 2.93. The second kappa shape index (κ2) is 6.26. The average molecular weight is 286 g/mol. The Morgan fingerprint density at radius 1 is 1.24 bits per heavy atom. The number of hydrogen-bond donors (Lipinski definition) is 1. The van der Waals surface area contributed by atoms with Crippen molar-refractivity contribution in [2.24, 2.45) is 0 Å². The molecule has 0 aromatic carbocycles. The van der Waals surface area contributed by atoms with Crippen LogP contribution in [-0.4, -0.2) is 34.2 Å². The Labute approximate surface area is 125 Å². The summed E-state index contributed by atoms with van der Waals surface area (Å²) in [6.45, 7) is 1.73. The van der Waals surface area contributed by atoms with Gasteiger partial charge in [-0.1, -0.05) is 6.07 Å². The lowest BCUT2D eigenvalue weighted by atomic mass is 9.96. The second-order valence-corrected chi connectivity index (χ2v) is 5.72. The van der Waals surface area contributed by atoms with Crippen molar-refractivity contribution in [3.05, 3.63) is 40.8 Å². The number of ether oxygens (including phenoxy) is 1. The van der Waals surface area contributed by atoms with E-state index in [1.165, 1.54) is 41.8 Å². The average Bonchev–Trinajstić information content (AvgIpc) is 2.91. The molecule has 0 atom stereocenters. The van der Waals surface area contributed by atoms with Crippen molar-refractivity contribution in [2.45, 2.75) is 38.8 Å². The Balaban J connectivity index is 1.63. The van der Waals surface area contributed by atoms with E-state index in [4.69, 9.17) is 4.74 Å². The minimum Gasteiger partial charge on any atom is -0.481 e. The van der Waals surface area contributed by atoms with E-state index < -0.39 is 0 Å². The normalized spacial score (nSPS) is 14.2. The molecule has 0 saturated heterocycles. The highest BCUT2D eigenvalue weighted by molar-refractivity contribution is 5.27. The summed E-state index contributed by atoms with van der Waals surface area (Å²) in [4.78, 5) is 6.52. The van der Waals surface area contributed by atoms with Gasteiger partial charge in [-0.2, -0.15) is 5.10 Å². The SMILES string of the molecule is COc1ccc(CN(C)Cc2n[nH]c3c2CCCC3)cn1. The van der Waals surface area contributed by atoms with Crippen molar-refractivity contribution in [3.8, 4) is 5.88 Å². The Morgan fingerprint density at radius 3 is 2.86 bits per heavy atom. The quantitative estimate of drug-likeness (QED) is 0.916. The molecule has 5 nitrogen and oxygen atoms in total. The predicted molar refractivity (Wildman–Crippen MR) is 81.2 cm³/mol. The number of hydrogen-bond acceptors (Lipinski definition) is 4. The van der Waals surface area contributed by atoms with E-state index in [1.807, 2.05) is 12.3 Å². The summed E-state index contributed by atoms with van der Waals surface area (Å²) in [5.41, 5.74) is 5.17. The van der Waals surface area contributed by atoms with Gasteiger partial charge in [-0.25, -0.2) is 4.98 Å². The van der Waals surface area contributed by atoms with E-state index in [9.17, 15) is 0 Å². The van der Waals surface area contributed by atoms with Crippen LogP contribution in [0, 0.1) is 0 Å². The first-order chi connectivity index (χ1) is 10.3. The third-order valence-corrected chi connectivity index (χ3v) is 4.02. The van der Waals surface area contributed by atoms with E-state index in [2.05, 4.69) is 33.2 Å².